The standard InChI is InChI=1S/C24H35FO/c1-26-18-20-7-11-22(12-8-20)24-15-13-23(14-16-24)21-9-5-19(6-10-21)4-2-3-17-25/h3,7-8,11-12,17,19,21,23-24H,2,4-6,9-10,13-16,18H2,1H3/t19-,21-,23-,24-. The number of benzene rings is 1. The molecular weight excluding hydrogens is 323 g/mol. The first kappa shape index (κ1) is 19.6. The Morgan fingerprint density at radius 3 is 2.12 bits per heavy atom. The van der Waals surface area contributed by atoms with Crippen LogP contribution in [0.5, 0.6) is 0 Å². The second-order valence-electron chi connectivity index (χ2n) is 8.51. The summed E-state index contributed by atoms with van der Waals surface area (Å²) in [5.41, 5.74) is 2.79. The van der Waals surface area contributed by atoms with Crippen molar-refractivity contribution in [1.29, 1.82) is 0 Å². The van der Waals surface area contributed by atoms with Crippen LogP contribution in [-0.2, 0) is 11.3 Å². The van der Waals surface area contributed by atoms with Gasteiger partial charge in [0.2, 0.25) is 0 Å². The van der Waals surface area contributed by atoms with Crippen LogP contribution in [0.15, 0.2) is 36.7 Å². The van der Waals surface area contributed by atoms with Crippen molar-refractivity contribution in [3.63, 3.8) is 0 Å². The third-order valence-corrected chi connectivity index (χ3v) is 6.92. The highest BCUT2D eigenvalue weighted by atomic mass is 19.1. The fourth-order valence-corrected chi connectivity index (χ4v) is 5.32. The van der Waals surface area contributed by atoms with Gasteiger partial charge in [0.15, 0.2) is 0 Å². The summed E-state index contributed by atoms with van der Waals surface area (Å²) in [5, 5.41) is 0. The number of hydrogen-bond acceptors (Lipinski definition) is 1. The SMILES string of the molecule is COCc1ccc([C@H]2CC[C@H]([C@H]3CC[C@H](CCC=CF)CC3)CC2)cc1. The van der Waals surface area contributed by atoms with Gasteiger partial charge in [-0.1, -0.05) is 43.2 Å². The molecule has 144 valence electrons. The number of halogens is 1. The van der Waals surface area contributed by atoms with Crippen LogP contribution in [0.1, 0.15) is 81.3 Å². The van der Waals surface area contributed by atoms with Crippen LogP contribution in [0.25, 0.3) is 0 Å². The van der Waals surface area contributed by atoms with E-state index in [1.807, 2.05) is 0 Å². The molecule has 2 aliphatic carbocycles. The first-order valence-electron chi connectivity index (χ1n) is 10.6. The maximum absolute atomic E-state index is 12.1. The molecule has 0 aromatic heterocycles. The topological polar surface area (TPSA) is 9.23 Å². The average molecular weight is 359 g/mol. The summed E-state index contributed by atoms with van der Waals surface area (Å²) >= 11 is 0. The van der Waals surface area contributed by atoms with E-state index in [4.69, 9.17) is 4.74 Å². The van der Waals surface area contributed by atoms with Gasteiger partial charge in [-0.2, -0.15) is 0 Å². The molecule has 0 unspecified atom stereocenters. The summed E-state index contributed by atoms with van der Waals surface area (Å²) < 4.78 is 17.3. The third-order valence-electron chi connectivity index (χ3n) is 6.92. The second kappa shape index (κ2) is 10.3. The minimum absolute atomic E-state index is 0.704. The number of hydrogen-bond donors (Lipinski definition) is 0. The molecule has 3 rings (SSSR count). The molecule has 2 heteroatoms. The fourth-order valence-electron chi connectivity index (χ4n) is 5.32. The van der Waals surface area contributed by atoms with E-state index in [0.717, 1.165) is 30.1 Å². The molecule has 1 nitrogen and oxygen atoms in total. The number of rotatable bonds is 7. The molecular formula is C24H35FO. The van der Waals surface area contributed by atoms with Crippen molar-refractivity contribution in [2.24, 2.45) is 17.8 Å². The third kappa shape index (κ3) is 5.42. The largest absolute Gasteiger partial charge is 0.380 e. The summed E-state index contributed by atoms with van der Waals surface area (Å²) in [4.78, 5) is 0. The predicted octanol–water partition coefficient (Wildman–Crippen LogP) is 7.18. The zero-order valence-corrected chi connectivity index (χ0v) is 16.3. The lowest BCUT2D eigenvalue weighted by Gasteiger charge is -2.38. The molecule has 0 N–H and O–H groups in total. The average Bonchev–Trinajstić information content (AvgIpc) is 2.70. The summed E-state index contributed by atoms with van der Waals surface area (Å²) in [6.45, 7) is 0.708. The van der Waals surface area contributed by atoms with Gasteiger partial charge in [0.1, 0.15) is 0 Å². The van der Waals surface area contributed by atoms with Crippen LogP contribution in [0.3, 0.4) is 0 Å². The van der Waals surface area contributed by atoms with Gasteiger partial charge in [0.05, 0.1) is 12.9 Å². The Bertz CT molecular complexity index is 534. The van der Waals surface area contributed by atoms with Crippen molar-refractivity contribution in [1.82, 2.24) is 0 Å². The van der Waals surface area contributed by atoms with Gasteiger partial charge in [0, 0.05) is 7.11 Å². The highest BCUT2D eigenvalue weighted by Gasteiger charge is 2.31. The fraction of sp³-hybridized carbons (Fsp3) is 0.667. The summed E-state index contributed by atoms with van der Waals surface area (Å²) in [6.07, 6.45) is 15.6. The van der Waals surface area contributed by atoms with Gasteiger partial charge < -0.3 is 4.74 Å². The number of ether oxygens (including phenoxy) is 1. The number of methoxy groups -OCH3 is 1. The monoisotopic (exact) mass is 358 g/mol. The van der Waals surface area contributed by atoms with Crippen molar-refractivity contribution < 1.29 is 9.13 Å². The maximum Gasteiger partial charge on any atom is 0.0827 e. The first-order chi connectivity index (χ1) is 12.8. The van der Waals surface area contributed by atoms with E-state index in [1.54, 1.807) is 13.2 Å². The highest BCUT2D eigenvalue weighted by Crippen LogP contribution is 2.44. The molecule has 0 aliphatic heterocycles. The van der Waals surface area contributed by atoms with Crippen molar-refractivity contribution in [3.8, 4) is 0 Å². The van der Waals surface area contributed by atoms with Crippen molar-refractivity contribution >= 4 is 0 Å². The Kier molecular flexibility index (Phi) is 7.73. The molecule has 0 bridgehead atoms. The van der Waals surface area contributed by atoms with E-state index in [-0.39, 0.29) is 0 Å². The zero-order chi connectivity index (χ0) is 18.2. The Morgan fingerprint density at radius 2 is 1.54 bits per heavy atom. The Hall–Kier alpha value is -1.15. The van der Waals surface area contributed by atoms with Crippen LogP contribution in [0.2, 0.25) is 0 Å². The molecule has 2 fully saturated rings. The van der Waals surface area contributed by atoms with E-state index < -0.39 is 0 Å². The van der Waals surface area contributed by atoms with Gasteiger partial charge in [-0.3, -0.25) is 0 Å². The quantitative estimate of drug-likeness (QED) is 0.502. The molecule has 26 heavy (non-hydrogen) atoms. The minimum Gasteiger partial charge on any atom is -0.380 e. The van der Waals surface area contributed by atoms with E-state index in [1.165, 1.54) is 68.9 Å². The highest BCUT2D eigenvalue weighted by molar-refractivity contribution is 5.25. The van der Waals surface area contributed by atoms with Gasteiger partial charge in [-0.15, -0.1) is 0 Å². The van der Waals surface area contributed by atoms with Crippen LogP contribution < -0.4 is 0 Å². The molecule has 0 amide bonds. The second-order valence-corrected chi connectivity index (χ2v) is 8.51. The van der Waals surface area contributed by atoms with E-state index in [0.29, 0.717) is 12.9 Å². The van der Waals surface area contributed by atoms with Crippen molar-refractivity contribution in [2.45, 2.75) is 76.7 Å². The Morgan fingerprint density at radius 1 is 0.923 bits per heavy atom. The normalized spacial score (nSPS) is 29.9. The lowest BCUT2D eigenvalue weighted by molar-refractivity contribution is 0.157. The van der Waals surface area contributed by atoms with Crippen LogP contribution in [-0.4, -0.2) is 7.11 Å². The smallest absolute Gasteiger partial charge is 0.0827 e. The van der Waals surface area contributed by atoms with Crippen LogP contribution in [0, 0.1) is 17.8 Å². The molecule has 0 atom stereocenters. The zero-order valence-electron chi connectivity index (χ0n) is 16.3. The lowest BCUT2D eigenvalue weighted by Crippen LogP contribution is -2.25. The first-order valence-corrected chi connectivity index (χ1v) is 10.6. The van der Waals surface area contributed by atoms with Crippen LogP contribution >= 0.6 is 0 Å². The molecule has 0 heterocycles. The Labute approximate surface area is 159 Å². The van der Waals surface area contributed by atoms with Crippen LogP contribution in [0.4, 0.5) is 4.39 Å². The summed E-state index contributed by atoms with van der Waals surface area (Å²) in [6, 6.07) is 9.08. The molecule has 2 saturated carbocycles. The molecule has 0 radical (unpaired) electrons. The van der Waals surface area contributed by atoms with Gasteiger partial charge in [0.25, 0.3) is 0 Å². The van der Waals surface area contributed by atoms with E-state index in [2.05, 4.69) is 24.3 Å². The van der Waals surface area contributed by atoms with Crippen molar-refractivity contribution in [3.05, 3.63) is 47.8 Å². The molecule has 0 saturated heterocycles. The maximum atomic E-state index is 12.1. The van der Waals surface area contributed by atoms with Gasteiger partial charge in [-0.05, 0) is 86.2 Å². The minimum atomic E-state index is 0.704. The molecule has 2 aliphatic rings. The molecule has 1 aromatic rings. The van der Waals surface area contributed by atoms with Gasteiger partial charge in [-0.25, -0.2) is 4.39 Å². The lowest BCUT2D eigenvalue weighted by atomic mass is 9.68. The van der Waals surface area contributed by atoms with E-state index >= 15 is 0 Å². The summed E-state index contributed by atoms with van der Waals surface area (Å²) in [7, 11) is 1.75. The number of allylic oxidation sites excluding steroid dienone is 1. The van der Waals surface area contributed by atoms with Crippen molar-refractivity contribution in [2.75, 3.05) is 7.11 Å². The van der Waals surface area contributed by atoms with Gasteiger partial charge >= 0.3 is 0 Å². The molecule has 0 spiro atoms. The molecule has 1 aromatic carbocycles. The Balaban J connectivity index is 1.41. The summed E-state index contributed by atoms with van der Waals surface area (Å²) in [5.74, 6) is 3.50. The van der Waals surface area contributed by atoms with E-state index in [9.17, 15) is 4.39 Å². The predicted molar refractivity (Wildman–Crippen MR) is 107 cm³/mol.